The van der Waals surface area contributed by atoms with Gasteiger partial charge >= 0.3 is 0 Å². The molecule has 2 N–H and O–H groups in total. The largest absolute Gasteiger partial charge is 0.392 e. The first-order valence-corrected chi connectivity index (χ1v) is 7.44. The SMILES string of the molecule is CC(O)CNC(=O)c1nnc2n(c1=O)CCN2c1ccc(F)cc1. The number of aliphatic hydroxyl groups is 1. The summed E-state index contributed by atoms with van der Waals surface area (Å²) in [6.07, 6.45) is -0.729. The van der Waals surface area contributed by atoms with E-state index in [0.717, 1.165) is 0 Å². The predicted octanol–water partition coefficient (Wildman–Crippen LogP) is 0.0397. The van der Waals surface area contributed by atoms with Gasteiger partial charge in [-0.1, -0.05) is 0 Å². The molecule has 0 fully saturated rings. The van der Waals surface area contributed by atoms with Crippen molar-refractivity contribution in [2.24, 2.45) is 0 Å². The highest BCUT2D eigenvalue weighted by atomic mass is 19.1. The van der Waals surface area contributed by atoms with Gasteiger partial charge in [0.05, 0.1) is 6.10 Å². The van der Waals surface area contributed by atoms with Crippen LogP contribution in [0, 0.1) is 5.82 Å². The molecule has 0 saturated carbocycles. The fraction of sp³-hybridized carbons (Fsp3) is 0.333. The lowest BCUT2D eigenvalue weighted by atomic mass is 10.3. The average Bonchev–Trinajstić information content (AvgIpc) is 2.98. The highest BCUT2D eigenvalue weighted by Crippen LogP contribution is 2.26. The number of carbonyl (C=O) groups is 1. The van der Waals surface area contributed by atoms with Crippen LogP contribution in [0.2, 0.25) is 0 Å². The molecule has 0 bridgehead atoms. The van der Waals surface area contributed by atoms with Gasteiger partial charge in [-0.15, -0.1) is 10.2 Å². The Kier molecular flexibility index (Phi) is 4.26. The van der Waals surface area contributed by atoms with Gasteiger partial charge in [-0.05, 0) is 31.2 Å². The number of nitrogens with zero attached hydrogens (tertiary/aromatic N) is 4. The van der Waals surface area contributed by atoms with E-state index < -0.39 is 17.6 Å². The Morgan fingerprint density at radius 1 is 1.33 bits per heavy atom. The number of halogens is 1. The minimum atomic E-state index is -0.729. The van der Waals surface area contributed by atoms with Crippen LogP contribution in [0.3, 0.4) is 0 Å². The molecule has 1 aliphatic heterocycles. The zero-order valence-corrected chi connectivity index (χ0v) is 12.9. The molecule has 0 radical (unpaired) electrons. The van der Waals surface area contributed by atoms with E-state index >= 15 is 0 Å². The van der Waals surface area contributed by atoms with Gasteiger partial charge in [0.15, 0.2) is 0 Å². The van der Waals surface area contributed by atoms with Gasteiger partial charge in [0.1, 0.15) is 5.82 Å². The molecule has 1 unspecified atom stereocenters. The Balaban J connectivity index is 1.89. The third-order valence-electron chi connectivity index (χ3n) is 3.63. The fourth-order valence-electron chi connectivity index (χ4n) is 2.44. The van der Waals surface area contributed by atoms with Crippen molar-refractivity contribution in [2.45, 2.75) is 19.6 Å². The van der Waals surface area contributed by atoms with Crippen LogP contribution < -0.4 is 15.8 Å². The number of nitrogens with one attached hydrogen (secondary N) is 1. The third kappa shape index (κ3) is 2.98. The molecule has 1 aromatic carbocycles. The number of aromatic nitrogens is 3. The van der Waals surface area contributed by atoms with E-state index in [9.17, 15) is 19.1 Å². The summed E-state index contributed by atoms with van der Waals surface area (Å²) in [6, 6.07) is 5.81. The van der Waals surface area contributed by atoms with Gasteiger partial charge in [-0.2, -0.15) is 0 Å². The summed E-state index contributed by atoms with van der Waals surface area (Å²) in [4.78, 5) is 26.1. The van der Waals surface area contributed by atoms with Crippen LogP contribution in [-0.2, 0) is 6.54 Å². The molecule has 2 heterocycles. The van der Waals surface area contributed by atoms with Crippen LogP contribution in [0.4, 0.5) is 16.0 Å². The standard InChI is InChI=1S/C15H16FN5O3/c1-9(22)8-17-13(23)12-14(24)21-7-6-20(15(21)19-18-12)11-4-2-10(16)3-5-11/h2-5,9,22H,6-8H2,1H3,(H,17,23). The number of aliphatic hydroxyl groups excluding tert-OH is 1. The number of hydrogen-bond donors (Lipinski definition) is 2. The van der Waals surface area contributed by atoms with E-state index in [1.807, 2.05) is 0 Å². The highest BCUT2D eigenvalue weighted by molar-refractivity contribution is 5.91. The number of hydrogen-bond acceptors (Lipinski definition) is 6. The molecule has 24 heavy (non-hydrogen) atoms. The summed E-state index contributed by atoms with van der Waals surface area (Å²) in [6.45, 7) is 2.34. The molecule has 1 amide bonds. The lowest BCUT2D eigenvalue weighted by Gasteiger charge is -2.16. The summed E-state index contributed by atoms with van der Waals surface area (Å²) in [7, 11) is 0. The molecule has 3 rings (SSSR count). The fourth-order valence-corrected chi connectivity index (χ4v) is 2.44. The van der Waals surface area contributed by atoms with E-state index in [1.165, 1.54) is 23.6 Å². The van der Waals surface area contributed by atoms with Crippen molar-refractivity contribution in [3.63, 3.8) is 0 Å². The maximum Gasteiger partial charge on any atom is 0.286 e. The molecular formula is C15H16FN5O3. The molecule has 1 aromatic heterocycles. The first-order chi connectivity index (χ1) is 11.5. The number of anilines is 2. The lowest BCUT2D eigenvalue weighted by molar-refractivity contribution is 0.0915. The van der Waals surface area contributed by atoms with Gasteiger partial charge in [0.25, 0.3) is 11.5 Å². The number of fused-ring (bicyclic) bond motifs is 1. The summed E-state index contributed by atoms with van der Waals surface area (Å²) in [5, 5.41) is 19.3. The monoisotopic (exact) mass is 333 g/mol. The lowest BCUT2D eigenvalue weighted by Crippen LogP contribution is -2.37. The number of amides is 1. The zero-order chi connectivity index (χ0) is 17.3. The first-order valence-electron chi connectivity index (χ1n) is 7.44. The molecule has 1 aliphatic rings. The highest BCUT2D eigenvalue weighted by Gasteiger charge is 2.27. The minimum Gasteiger partial charge on any atom is -0.392 e. The van der Waals surface area contributed by atoms with Crippen LogP contribution in [0.15, 0.2) is 29.1 Å². The summed E-state index contributed by atoms with van der Waals surface area (Å²) in [5.41, 5.74) is -0.185. The Hall–Kier alpha value is -2.81. The zero-order valence-electron chi connectivity index (χ0n) is 12.9. The molecule has 0 saturated heterocycles. The van der Waals surface area contributed by atoms with E-state index in [2.05, 4.69) is 15.5 Å². The molecule has 8 nitrogen and oxygen atoms in total. The second-order valence-electron chi connectivity index (χ2n) is 5.49. The van der Waals surface area contributed by atoms with Crippen LogP contribution >= 0.6 is 0 Å². The minimum absolute atomic E-state index is 0.0173. The van der Waals surface area contributed by atoms with Crippen molar-refractivity contribution in [1.82, 2.24) is 20.1 Å². The molecule has 126 valence electrons. The van der Waals surface area contributed by atoms with E-state index in [0.29, 0.717) is 24.7 Å². The van der Waals surface area contributed by atoms with Crippen molar-refractivity contribution in [2.75, 3.05) is 18.0 Å². The molecule has 9 heteroatoms. The Morgan fingerprint density at radius 3 is 2.71 bits per heavy atom. The van der Waals surface area contributed by atoms with E-state index in [-0.39, 0.29) is 18.1 Å². The van der Waals surface area contributed by atoms with Gasteiger partial charge in [-0.3, -0.25) is 14.2 Å². The average molecular weight is 333 g/mol. The first kappa shape index (κ1) is 16.1. The van der Waals surface area contributed by atoms with E-state index in [1.54, 1.807) is 17.0 Å². The van der Waals surface area contributed by atoms with Crippen LogP contribution in [-0.4, -0.2) is 45.0 Å². The van der Waals surface area contributed by atoms with Crippen molar-refractivity contribution < 1.29 is 14.3 Å². The van der Waals surface area contributed by atoms with Crippen LogP contribution in [0.1, 0.15) is 17.4 Å². The topological polar surface area (TPSA) is 100 Å². The Morgan fingerprint density at radius 2 is 2.04 bits per heavy atom. The van der Waals surface area contributed by atoms with Gasteiger partial charge in [-0.25, -0.2) is 4.39 Å². The van der Waals surface area contributed by atoms with Gasteiger partial charge in [0.2, 0.25) is 11.6 Å². The molecular weight excluding hydrogens is 317 g/mol. The van der Waals surface area contributed by atoms with E-state index in [4.69, 9.17) is 0 Å². The summed E-state index contributed by atoms with van der Waals surface area (Å²) >= 11 is 0. The predicted molar refractivity (Wildman–Crippen MR) is 83.7 cm³/mol. The Labute approximate surface area is 136 Å². The van der Waals surface area contributed by atoms with Crippen LogP contribution in [0.5, 0.6) is 0 Å². The number of benzene rings is 1. The molecule has 1 atom stereocenters. The van der Waals surface area contributed by atoms with Crippen molar-refractivity contribution in [1.29, 1.82) is 0 Å². The number of rotatable bonds is 4. The molecule has 2 aromatic rings. The normalized spacial score (nSPS) is 14.4. The van der Waals surface area contributed by atoms with Gasteiger partial charge in [0, 0.05) is 25.3 Å². The van der Waals surface area contributed by atoms with Crippen molar-refractivity contribution in [3.8, 4) is 0 Å². The third-order valence-corrected chi connectivity index (χ3v) is 3.63. The quantitative estimate of drug-likeness (QED) is 0.819. The second kappa shape index (κ2) is 6.36. The second-order valence-corrected chi connectivity index (χ2v) is 5.49. The smallest absolute Gasteiger partial charge is 0.286 e. The van der Waals surface area contributed by atoms with Gasteiger partial charge < -0.3 is 15.3 Å². The maximum atomic E-state index is 13.0. The Bertz CT molecular complexity index is 819. The number of carbonyl (C=O) groups excluding carboxylic acids is 1. The maximum absolute atomic E-state index is 13.0. The molecule has 0 spiro atoms. The summed E-state index contributed by atoms with van der Waals surface area (Å²) < 4.78 is 14.4. The molecule has 0 aliphatic carbocycles. The van der Waals surface area contributed by atoms with Crippen molar-refractivity contribution >= 4 is 17.5 Å². The van der Waals surface area contributed by atoms with Crippen molar-refractivity contribution in [3.05, 3.63) is 46.1 Å². The summed E-state index contributed by atoms with van der Waals surface area (Å²) in [5.74, 6) is -0.728. The van der Waals surface area contributed by atoms with Crippen LogP contribution in [0.25, 0.3) is 0 Å².